The number of hydrogen-bond donors (Lipinski definition) is 1. The molecule has 0 saturated carbocycles. The monoisotopic (exact) mass is 240 g/mol. The summed E-state index contributed by atoms with van der Waals surface area (Å²) in [5.74, 6) is 0.928. The maximum Gasteiger partial charge on any atom is 0.0707 e. The first-order valence-electron chi connectivity index (χ1n) is 7.36. The van der Waals surface area contributed by atoms with Gasteiger partial charge in [0.15, 0.2) is 0 Å². The Morgan fingerprint density at radius 1 is 1.12 bits per heavy atom. The van der Waals surface area contributed by atoms with E-state index in [2.05, 4.69) is 24.1 Å². The van der Waals surface area contributed by atoms with Gasteiger partial charge in [-0.25, -0.2) is 0 Å². The molecule has 2 rings (SSSR count). The molecule has 0 radical (unpaired) electrons. The zero-order valence-corrected chi connectivity index (χ0v) is 11.5. The minimum absolute atomic E-state index is 0.462. The highest BCUT2D eigenvalue weighted by atomic mass is 16.5. The van der Waals surface area contributed by atoms with Gasteiger partial charge in [-0.05, 0) is 51.2 Å². The van der Waals surface area contributed by atoms with E-state index >= 15 is 0 Å². The second kappa shape index (κ2) is 6.72. The zero-order chi connectivity index (χ0) is 12.1. The van der Waals surface area contributed by atoms with Crippen molar-refractivity contribution in [1.29, 1.82) is 0 Å². The maximum absolute atomic E-state index is 6.09. The van der Waals surface area contributed by atoms with Gasteiger partial charge >= 0.3 is 0 Å². The van der Waals surface area contributed by atoms with Crippen molar-refractivity contribution in [3.63, 3.8) is 0 Å². The Morgan fingerprint density at radius 2 is 1.82 bits per heavy atom. The van der Waals surface area contributed by atoms with Crippen molar-refractivity contribution < 1.29 is 4.74 Å². The Morgan fingerprint density at radius 3 is 2.53 bits per heavy atom. The molecule has 0 aromatic rings. The summed E-state index contributed by atoms with van der Waals surface area (Å²) in [6.07, 6.45) is 6.18. The fourth-order valence-corrected chi connectivity index (χ4v) is 2.90. The number of nitrogens with one attached hydrogen (secondary N) is 1. The number of likely N-dealkylation sites (N-methyl/N-ethyl adjacent to an activating group) is 1. The van der Waals surface area contributed by atoms with Crippen LogP contribution in [0.25, 0.3) is 0 Å². The van der Waals surface area contributed by atoms with E-state index in [1.54, 1.807) is 0 Å². The molecular formula is C14H28N2O. The van der Waals surface area contributed by atoms with Gasteiger partial charge in [0.25, 0.3) is 0 Å². The van der Waals surface area contributed by atoms with Crippen LogP contribution >= 0.6 is 0 Å². The van der Waals surface area contributed by atoms with Crippen LogP contribution in [-0.4, -0.2) is 49.8 Å². The molecule has 1 N–H and O–H groups in total. The average Bonchev–Trinajstić information content (AvgIpc) is 2.77. The molecule has 2 aliphatic rings. The first kappa shape index (κ1) is 13.3. The highest BCUT2D eigenvalue weighted by molar-refractivity contribution is 4.79. The Kier molecular flexibility index (Phi) is 5.26. The molecule has 3 heteroatoms. The van der Waals surface area contributed by atoms with Crippen LogP contribution in [0.4, 0.5) is 0 Å². The average molecular weight is 240 g/mol. The van der Waals surface area contributed by atoms with E-state index in [-0.39, 0.29) is 0 Å². The number of nitrogens with zero attached hydrogens (tertiary/aromatic N) is 1. The van der Waals surface area contributed by atoms with Gasteiger partial charge in [-0.15, -0.1) is 0 Å². The molecule has 0 aliphatic carbocycles. The van der Waals surface area contributed by atoms with E-state index in [1.165, 1.54) is 38.8 Å². The zero-order valence-electron chi connectivity index (χ0n) is 11.5. The molecule has 100 valence electrons. The number of likely N-dealkylation sites (tertiary alicyclic amines) is 1. The summed E-state index contributed by atoms with van der Waals surface area (Å²) in [7, 11) is 0. The largest absolute Gasteiger partial charge is 0.372 e. The standard InChI is InChI=1S/C14H28N2O/c1-3-15-10-13-4-5-14(17-13)11-16-8-6-12(2)7-9-16/h12-15H,3-11H2,1-2H3. The third kappa shape index (κ3) is 4.23. The molecular weight excluding hydrogens is 212 g/mol. The van der Waals surface area contributed by atoms with Crippen LogP contribution in [0.1, 0.15) is 39.5 Å². The van der Waals surface area contributed by atoms with Crippen LogP contribution in [0.5, 0.6) is 0 Å². The van der Waals surface area contributed by atoms with Gasteiger partial charge in [0, 0.05) is 13.1 Å². The summed E-state index contributed by atoms with van der Waals surface area (Å²) in [4.78, 5) is 2.60. The van der Waals surface area contributed by atoms with E-state index < -0.39 is 0 Å². The lowest BCUT2D eigenvalue weighted by Crippen LogP contribution is -2.38. The van der Waals surface area contributed by atoms with E-state index in [9.17, 15) is 0 Å². The smallest absolute Gasteiger partial charge is 0.0707 e. The number of hydrogen-bond acceptors (Lipinski definition) is 3. The Hall–Kier alpha value is -0.120. The van der Waals surface area contributed by atoms with Crippen LogP contribution in [-0.2, 0) is 4.74 Å². The summed E-state index contributed by atoms with van der Waals surface area (Å²) in [6, 6.07) is 0. The minimum atomic E-state index is 0.462. The summed E-state index contributed by atoms with van der Waals surface area (Å²) in [5, 5.41) is 3.38. The predicted octanol–water partition coefficient (Wildman–Crippen LogP) is 1.88. The van der Waals surface area contributed by atoms with Crippen molar-refractivity contribution in [3.8, 4) is 0 Å². The molecule has 2 unspecified atom stereocenters. The third-order valence-electron chi connectivity index (χ3n) is 4.16. The molecule has 0 aromatic carbocycles. The van der Waals surface area contributed by atoms with Gasteiger partial charge in [-0.1, -0.05) is 13.8 Å². The van der Waals surface area contributed by atoms with Gasteiger partial charge < -0.3 is 15.0 Å². The van der Waals surface area contributed by atoms with Crippen molar-refractivity contribution in [2.45, 2.75) is 51.7 Å². The second-order valence-corrected chi connectivity index (χ2v) is 5.75. The normalized spacial score (nSPS) is 32.1. The van der Waals surface area contributed by atoms with Gasteiger partial charge in [0.05, 0.1) is 12.2 Å². The van der Waals surface area contributed by atoms with Crippen molar-refractivity contribution in [1.82, 2.24) is 10.2 Å². The fraction of sp³-hybridized carbons (Fsp3) is 1.00. The van der Waals surface area contributed by atoms with Gasteiger partial charge in [-0.2, -0.15) is 0 Å². The Labute approximate surface area is 106 Å². The maximum atomic E-state index is 6.09. The number of rotatable bonds is 5. The molecule has 2 aliphatic heterocycles. The lowest BCUT2D eigenvalue weighted by Gasteiger charge is -2.31. The van der Waals surface area contributed by atoms with Gasteiger partial charge in [0.2, 0.25) is 0 Å². The molecule has 2 atom stereocenters. The highest BCUT2D eigenvalue weighted by Gasteiger charge is 2.27. The molecule has 2 saturated heterocycles. The highest BCUT2D eigenvalue weighted by Crippen LogP contribution is 2.22. The van der Waals surface area contributed by atoms with E-state index in [0.29, 0.717) is 12.2 Å². The molecule has 3 nitrogen and oxygen atoms in total. The molecule has 0 bridgehead atoms. The summed E-state index contributed by atoms with van der Waals surface area (Å²) in [6.45, 7) is 10.3. The third-order valence-corrected chi connectivity index (χ3v) is 4.16. The second-order valence-electron chi connectivity index (χ2n) is 5.75. The molecule has 2 heterocycles. The number of ether oxygens (including phenoxy) is 1. The van der Waals surface area contributed by atoms with Gasteiger partial charge in [0.1, 0.15) is 0 Å². The van der Waals surface area contributed by atoms with Crippen molar-refractivity contribution in [3.05, 3.63) is 0 Å². The molecule has 2 fully saturated rings. The van der Waals surface area contributed by atoms with E-state index in [4.69, 9.17) is 4.74 Å². The van der Waals surface area contributed by atoms with Crippen LogP contribution in [0, 0.1) is 5.92 Å². The molecule has 0 aromatic heterocycles. The number of piperidine rings is 1. The topological polar surface area (TPSA) is 24.5 Å². The van der Waals surface area contributed by atoms with Crippen LogP contribution in [0.15, 0.2) is 0 Å². The molecule has 0 spiro atoms. The van der Waals surface area contributed by atoms with Crippen LogP contribution in [0.2, 0.25) is 0 Å². The lowest BCUT2D eigenvalue weighted by molar-refractivity contribution is 0.0175. The SMILES string of the molecule is CCNCC1CCC(CN2CCC(C)CC2)O1. The lowest BCUT2D eigenvalue weighted by atomic mass is 9.99. The summed E-state index contributed by atoms with van der Waals surface area (Å²) >= 11 is 0. The summed E-state index contributed by atoms with van der Waals surface area (Å²) < 4.78 is 6.09. The van der Waals surface area contributed by atoms with Crippen molar-refractivity contribution in [2.24, 2.45) is 5.92 Å². The first-order chi connectivity index (χ1) is 8.28. The van der Waals surface area contributed by atoms with Crippen LogP contribution in [0.3, 0.4) is 0 Å². The van der Waals surface area contributed by atoms with Crippen molar-refractivity contribution in [2.75, 3.05) is 32.7 Å². The first-order valence-corrected chi connectivity index (χ1v) is 7.36. The van der Waals surface area contributed by atoms with E-state index in [1.807, 2.05) is 0 Å². The van der Waals surface area contributed by atoms with E-state index in [0.717, 1.165) is 25.6 Å². The van der Waals surface area contributed by atoms with Crippen molar-refractivity contribution >= 4 is 0 Å². The molecule has 0 amide bonds. The quantitative estimate of drug-likeness (QED) is 0.794. The van der Waals surface area contributed by atoms with Gasteiger partial charge in [-0.3, -0.25) is 0 Å². The fourth-order valence-electron chi connectivity index (χ4n) is 2.90. The van der Waals surface area contributed by atoms with Crippen LogP contribution < -0.4 is 5.32 Å². The Balaban J connectivity index is 1.64. The summed E-state index contributed by atoms with van der Waals surface area (Å²) in [5.41, 5.74) is 0. The predicted molar refractivity (Wildman–Crippen MR) is 71.3 cm³/mol. The Bertz CT molecular complexity index is 214. The minimum Gasteiger partial charge on any atom is -0.372 e. The molecule has 17 heavy (non-hydrogen) atoms.